The molecule has 0 aromatic carbocycles. The maximum absolute atomic E-state index is 10.7. The molecule has 6 heteroatoms. The lowest BCUT2D eigenvalue weighted by atomic mass is 10.7. The van der Waals surface area contributed by atoms with E-state index in [1.807, 2.05) is 0 Å². The van der Waals surface area contributed by atoms with Crippen LogP contribution >= 0.6 is 0 Å². The molecule has 0 unspecified atom stereocenters. The quantitative estimate of drug-likeness (QED) is 0.436. The Bertz CT molecular complexity index is 147. The molecule has 2 amide bonds. The maximum Gasteiger partial charge on any atom is 0.338 e. The van der Waals surface area contributed by atoms with Gasteiger partial charge in [0.05, 0.1) is 13.2 Å². The van der Waals surface area contributed by atoms with Gasteiger partial charge >= 0.3 is 6.03 Å². The molecule has 0 spiro atoms. The number of carbonyl (C=O) groups excluding carboxylic acids is 1. The van der Waals surface area contributed by atoms with Crippen LogP contribution in [0.2, 0.25) is 0 Å². The van der Waals surface area contributed by atoms with Crippen LogP contribution in [0.3, 0.4) is 0 Å². The van der Waals surface area contributed by atoms with Gasteiger partial charge < -0.3 is 10.4 Å². The van der Waals surface area contributed by atoms with Crippen LogP contribution in [-0.2, 0) is 0 Å². The Morgan fingerprint density at radius 2 is 2.36 bits per heavy atom. The largest absolute Gasteiger partial charge is 0.394 e. The molecule has 64 valence electrons. The topological polar surface area (TPSA) is 77.3 Å². The Morgan fingerprint density at radius 1 is 1.73 bits per heavy atom. The zero-order valence-corrected chi connectivity index (χ0v) is 6.61. The molecule has 0 heterocycles. The summed E-state index contributed by atoms with van der Waals surface area (Å²) in [6.45, 7) is 0.145. The Labute approximate surface area is 64.9 Å². The summed E-state index contributed by atoms with van der Waals surface area (Å²) >= 11 is 0. The molecule has 0 rings (SSSR count). The monoisotopic (exact) mass is 160 g/mol. The molecular formula is C5H12N4O2. The molecule has 0 radical (unpaired) electrons. The first-order valence-electron chi connectivity index (χ1n) is 3.16. The first-order valence-corrected chi connectivity index (χ1v) is 3.16. The van der Waals surface area contributed by atoms with E-state index in [0.29, 0.717) is 0 Å². The summed E-state index contributed by atoms with van der Waals surface area (Å²) in [5.74, 6) is 0. The van der Waals surface area contributed by atoms with E-state index in [9.17, 15) is 4.79 Å². The van der Waals surface area contributed by atoms with E-state index >= 15 is 0 Å². The summed E-state index contributed by atoms with van der Waals surface area (Å²) in [4.78, 5) is 10.7. The average molecular weight is 160 g/mol. The van der Waals surface area contributed by atoms with Crippen LogP contribution in [0.5, 0.6) is 0 Å². The zero-order valence-electron chi connectivity index (χ0n) is 6.61. The summed E-state index contributed by atoms with van der Waals surface area (Å²) < 4.78 is 0. The van der Waals surface area contributed by atoms with Crippen molar-refractivity contribution < 1.29 is 9.90 Å². The van der Waals surface area contributed by atoms with Gasteiger partial charge in [0, 0.05) is 14.1 Å². The highest BCUT2D eigenvalue weighted by Gasteiger charge is 2.01. The molecular weight excluding hydrogens is 148 g/mol. The third kappa shape index (κ3) is 4.26. The third-order valence-electron chi connectivity index (χ3n) is 0.905. The standard InChI is InChI=1S/C5H12N4O2/c1-6-5(11)9(2)8-7-3-4-10/h10H,3-4H2,1-2H3,(H,6,11). The van der Waals surface area contributed by atoms with Gasteiger partial charge in [-0.25, -0.2) is 9.80 Å². The van der Waals surface area contributed by atoms with Gasteiger partial charge in [-0.2, -0.15) is 5.11 Å². The second-order valence-corrected chi connectivity index (χ2v) is 1.76. The minimum absolute atomic E-state index is 0.0644. The van der Waals surface area contributed by atoms with E-state index in [-0.39, 0.29) is 19.2 Å². The SMILES string of the molecule is CNC(=O)N(C)N=NCCO. The van der Waals surface area contributed by atoms with E-state index in [0.717, 1.165) is 5.01 Å². The fraction of sp³-hybridized carbons (Fsp3) is 0.800. The Kier molecular flexibility index (Phi) is 5.01. The van der Waals surface area contributed by atoms with E-state index < -0.39 is 0 Å². The van der Waals surface area contributed by atoms with Crippen molar-refractivity contribution >= 4 is 6.03 Å². The summed E-state index contributed by atoms with van der Waals surface area (Å²) in [7, 11) is 2.97. The lowest BCUT2D eigenvalue weighted by Crippen LogP contribution is -2.30. The Hall–Kier alpha value is -1.17. The van der Waals surface area contributed by atoms with Crippen molar-refractivity contribution in [3.05, 3.63) is 0 Å². The number of urea groups is 1. The second kappa shape index (κ2) is 5.60. The first-order chi connectivity index (χ1) is 5.22. The van der Waals surface area contributed by atoms with Crippen molar-refractivity contribution in [3.8, 4) is 0 Å². The summed E-state index contributed by atoms with van der Waals surface area (Å²) in [5.41, 5.74) is 0. The van der Waals surface area contributed by atoms with Crippen LogP contribution < -0.4 is 5.32 Å². The molecule has 0 bridgehead atoms. The molecule has 0 aliphatic heterocycles. The van der Waals surface area contributed by atoms with Gasteiger partial charge in [0.1, 0.15) is 0 Å². The molecule has 0 saturated heterocycles. The average Bonchev–Trinajstić information content (AvgIpc) is 2.03. The normalized spacial score (nSPS) is 10.1. The van der Waals surface area contributed by atoms with Crippen molar-refractivity contribution in [2.45, 2.75) is 0 Å². The molecule has 0 saturated carbocycles. The molecule has 0 aliphatic rings. The van der Waals surface area contributed by atoms with Gasteiger partial charge in [-0.1, -0.05) is 5.22 Å². The highest BCUT2D eigenvalue weighted by molar-refractivity contribution is 5.72. The molecule has 0 aromatic rings. The van der Waals surface area contributed by atoms with E-state index in [2.05, 4.69) is 15.7 Å². The van der Waals surface area contributed by atoms with Crippen molar-refractivity contribution in [1.29, 1.82) is 0 Å². The van der Waals surface area contributed by atoms with Crippen molar-refractivity contribution in [2.75, 3.05) is 27.2 Å². The number of aliphatic hydroxyl groups excluding tert-OH is 1. The Balaban J connectivity index is 3.66. The van der Waals surface area contributed by atoms with Crippen molar-refractivity contribution in [3.63, 3.8) is 0 Å². The summed E-state index contributed by atoms with van der Waals surface area (Å²) in [5, 5.41) is 18.7. The number of amides is 2. The van der Waals surface area contributed by atoms with Gasteiger partial charge in [-0.05, 0) is 0 Å². The zero-order chi connectivity index (χ0) is 8.69. The Morgan fingerprint density at radius 3 is 2.82 bits per heavy atom. The molecule has 6 nitrogen and oxygen atoms in total. The van der Waals surface area contributed by atoms with Crippen LogP contribution in [0.4, 0.5) is 4.79 Å². The van der Waals surface area contributed by atoms with Crippen LogP contribution in [0, 0.1) is 0 Å². The fourth-order valence-corrected chi connectivity index (χ4v) is 0.387. The lowest BCUT2D eigenvalue weighted by Gasteiger charge is -2.06. The highest BCUT2D eigenvalue weighted by atomic mass is 16.3. The number of hydrogen-bond acceptors (Lipinski definition) is 4. The first kappa shape index (κ1) is 9.83. The molecule has 0 fully saturated rings. The fourth-order valence-electron chi connectivity index (χ4n) is 0.387. The second-order valence-electron chi connectivity index (χ2n) is 1.76. The number of hydrogen-bond donors (Lipinski definition) is 2. The third-order valence-corrected chi connectivity index (χ3v) is 0.905. The molecule has 0 aromatic heterocycles. The number of carbonyl (C=O) groups is 1. The molecule has 0 aliphatic carbocycles. The predicted octanol–water partition coefficient (Wildman–Crippen LogP) is -0.383. The number of nitrogens with zero attached hydrogens (tertiary/aromatic N) is 3. The van der Waals surface area contributed by atoms with E-state index in [1.54, 1.807) is 0 Å². The van der Waals surface area contributed by atoms with Gasteiger partial charge in [-0.15, -0.1) is 0 Å². The van der Waals surface area contributed by atoms with E-state index in [4.69, 9.17) is 5.11 Å². The molecule has 2 N–H and O–H groups in total. The summed E-state index contributed by atoms with van der Waals surface area (Å²) in [6, 6.07) is -0.341. The van der Waals surface area contributed by atoms with Gasteiger partial charge in [-0.3, -0.25) is 0 Å². The number of rotatable bonds is 3. The van der Waals surface area contributed by atoms with Crippen LogP contribution in [0.1, 0.15) is 0 Å². The minimum Gasteiger partial charge on any atom is -0.394 e. The van der Waals surface area contributed by atoms with Crippen LogP contribution in [-0.4, -0.2) is 43.4 Å². The minimum atomic E-state index is -0.341. The van der Waals surface area contributed by atoms with Crippen molar-refractivity contribution in [2.24, 2.45) is 10.3 Å². The van der Waals surface area contributed by atoms with Crippen molar-refractivity contribution in [1.82, 2.24) is 10.3 Å². The van der Waals surface area contributed by atoms with Gasteiger partial charge in [0.15, 0.2) is 0 Å². The summed E-state index contributed by atoms with van der Waals surface area (Å²) in [6.07, 6.45) is 0. The smallest absolute Gasteiger partial charge is 0.338 e. The van der Waals surface area contributed by atoms with E-state index in [1.165, 1.54) is 14.1 Å². The predicted molar refractivity (Wildman–Crippen MR) is 39.0 cm³/mol. The number of aliphatic hydroxyl groups is 1. The van der Waals surface area contributed by atoms with Gasteiger partial charge in [0.2, 0.25) is 0 Å². The highest BCUT2D eigenvalue weighted by Crippen LogP contribution is 1.85. The lowest BCUT2D eigenvalue weighted by molar-refractivity contribution is 0.208. The van der Waals surface area contributed by atoms with Gasteiger partial charge in [0.25, 0.3) is 0 Å². The molecule has 0 atom stereocenters. The molecule has 11 heavy (non-hydrogen) atoms. The van der Waals surface area contributed by atoms with Crippen LogP contribution in [0.15, 0.2) is 10.3 Å². The van der Waals surface area contributed by atoms with Crippen LogP contribution in [0.25, 0.3) is 0 Å². The number of nitrogens with one attached hydrogen (secondary N) is 1. The maximum atomic E-state index is 10.7.